The van der Waals surface area contributed by atoms with Crippen LogP contribution < -0.4 is 0 Å². The molecule has 0 saturated heterocycles. The van der Waals surface area contributed by atoms with E-state index in [-0.39, 0.29) is 31.3 Å². The van der Waals surface area contributed by atoms with Crippen molar-refractivity contribution in [2.24, 2.45) is 0 Å². The minimum absolute atomic E-state index is 0.0499. The predicted octanol–water partition coefficient (Wildman–Crippen LogP) is -0.178. The van der Waals surface area contributed by atoms with Crippen LogP contribution >= 0.6 is 0 Å². The van der Waals surface area contributed by atoms with E-state index in [1.165, 1.54) is 0 Å². The predicted molar refractivity (Wildman–Crippen MR) is 53.1 cm³/mol. The number of hydrogen-bond acceptors (Lipinski definition) is 4. The Bertz CT molecular complexity index is 199. The Balaban J connectivity index is 3.16. The van der Waals surface area contributed by atoms with Crippen LogP contribution in [0.1, 0.15) is 0 Å². The molecule has 0 fully saturated rings. The molecule has 0 aromatic carbocycles. The number of alkyl halides is 1. The van der Waals surface area contributed by atoms with E-state index in [1.54, 1.807) is 0 Å². The maximum atomic E-state index is 11.5. The third-order valence-electron chi connectivity index (χ3n) is 1.33. The number of ether oxygens (including phenoxy) is 2. The molecule has 0 aliphatic rings. The molecule has 1 atom stereocenters. The van der Waals surface area contributed by atoms with Gasteiger partial charge in [-0.25, -0.2) is 4.39 Å². The number of carboxylic acids is 1. The molecule has 5 nitrogen and oxygen atoms in total. The molecular weight excluding hydrogens is 227 g/mol. The second-order valence-corrected chi connectivity index (χ2v) is 4.17. The van der Waals surface area contributed by atoms with Gasteiger partial charge < -0.3 is 14.6 Å². The van der Waals surface area contributed by atoms with Crippen molar-refractivity contribution in [3.8, 4) is 0 Å². The number of aliphatic carboxylic acids is 1. The molecule has 0 aromatic rings. The first-order chi connectivity index (χ1) is 7.16. The lowest BCUT2D eigenvalue weighted by Gasteiger charge is -2.03. The van der Waals surface area contributed by atoms with Gasteiger partial charge >= 0.3 is 5.97 Å². The second-order valence-electron chi connectivity index (χ2n) is 2.60. The molecule has 15 heavy (non-hydrogen) atoms. The molecule has 7 heteroatoms. The first-order valence-electron chi connectivity index (χ1n) is 4.45. The normalized spacial score (nSPS) is 12.6. The summed E-state index contributed by atoms with van der Waals surface area (Å²) in [6.07, 6.45) is 0. The van der Waals surface area contributed by atoms with E-state index in [0.717, 1.165) is 0 Å². The Labute approximate surface area is 90.0 Å². The minimum atomic E-state index is -1.38. The van der Waals surface area contributed by atoms with E-state index >= 15 is 0 Å². The number of hydrogen-bond donors (Lipinski definition) is 1. The van der Waals surface area contributed by atoms with Gasteiger partial charge in [-0.05, 0) is 0 Å². The highest BCUT2D eigenvalue weighted by Crippen LogP contribution is 1.85. The van der Waals surface area contributed by atoms with Crippen molar-refractivity contribution < 1.29 is 28.0 Å². The Morgan fingerprint density at radius 2 is 1.80 bits per heavy atom. The molecule has 90 valence electrons. The van der Waals surface area contributed by atoms with E-state index in [4.69, 9.17) is 14.6 Å². The third kappa shape index (κ3) is 11.4. The second kappa shape index (κ2) is 10.0. The van der Waals surface area contributed by atoms with Crippen molar-refractivity contribution in [2.45, 2.75) is 0 Å². The van der Waals surface area contributed by atoms with Crippen LogP contribution in [0.25, 0.3) is 0 Å². The molecule has 0 aliphatic carbocycles. The molecule has 1 N–H and O–H groups in total. The highest BCUT2D eigenvalue weighted by Gasteiger charge is 2.04. The highest BCUT2D eigenvalue weighted by atomic mass is 32.2. The summed E-state index contributed by atoms with van der Waals surface area (Å²) in [5.41, 5.74) is 0. The fourth-order valence-corrected chi connectivity index (χ4v) is 1.46. The lowest BCUT2D eigenvalue weighted by atomic mass is 10.7. The van der Waals surface area contributed by atoms with E-state index in [9.17, 15) is 13.4 Å². The van der Waals surface area contributed by atoms with Crippen molar-refractivity contribution in [3.63, 3.8) is 0 Å². The summed E-state index contributed by atoms with van der Waals surface area (Å²) in [5.74, 6) is -1.25. The Hall–Kier alpha value is -0.530. The molecule has 0 aliphatic heterocycles. The first-order valence-corrected chi connectivity index (χ1v) is 5.94. The van der Waals surface area contributed by atoms with Crippen molar-refractivity contribution in [1.29, 1.82) is 0 Å². The summed E-state index contributed by atoms with van der Waals surface area (Å²) >= 11 is 0. The van der Waals surface area contributed by atoms with E-state index < -0.39 is 23.4 Å². The van der Waals surface area contributed by atoms with Crippen LogP contribution in [0.4, 0.5) is 4.39 Å². The highest BCUT2D eigenvalue weighted by molar-refractivity contribution is 7.85. The zero-order valence-corrected chi connectivity index (χ0v) is 9.13. The number of carboxylic acid groups (broad SMARTS) is 1. The van der Waals surface area contributed by atoms with Gasteiger partial charge in [-0.3, -0.25) is 9.00 Å². The van der Waals surface area contributed by atoms with Gasteiger partial charge in [0, 0.05) is 16.6 Å². The van der Waals surface area contributed by atoms with Gasteiger partial charge in [0.1, 0.15) is 12.4 Å². The van der Waals surface area contributed by atoms with Crippen LogP contribution in [-0.4, -0.2) is 59.9 Å². The molecule has 0 radical (unpaired) electrons. The fourth-order valence-electron chi connectivity index (χ4n) is 0.738. The first kappa shape index (κ1) is 14.5. The van der Waals surface area contributed by atoms with Gasteiger partial charge in [-0.15, -0.1) is 0 Å². The molecule has 1 unspecified atom stereocenters. The van der Waals surface area contributed by atoms with Gasteiger partial charge in [0.2, 0.25) is 0 Å². The molecule has 0 aromatic heterocycles. The summed E-state index contributed by atoms with van der Waals surface area (Å²) in [5, 5.41) is 8.29. The monoisotopic (exact) mass is 242 g/mol. The minimum Gasteiger partial charge on any atom is -0.481 e. The molecule has 0 rings (SSSR count). The maximum absolute atomic E-state index is 11.5. The van der Waals surface area contributed by atoms with Crippen molar-refractivity contribution in [1.82, 2.24) is 0 Å². The smallest absolute Gasteiger partial charge is 0.316 e. The zero-order chi connectivity index (χ0) is 11.5. The summed E-state index contributed by atoms with van der Waals surface area (Å²) in [6.45, 7) is 0.329. The lowest BCUT2D eigenvalue weighted by molar-refractivity contribution is -0.133. The van der Waals surface area contributed by atoms with Crippen LogP contribution in [-0.2, 0) is 25.1 Å². The maximum Gasteiger partial charge on any atom is 0.316 e. The molecule has 0 spiro atoms. The molecule has 0 amide bonds. The van der Waals surface area contributed by atoms with Crippen molar-refractivity contribution in [2.75, 3.05) is 44.6 Å². The molecule has 0 bridgehead atoms. The standard InChI is InChI=1S/C8H15FO5S/c9-1-2-13-3-4-14-5-6-15(12)7-8(10)11/h1-7H2,(H,10,11). The summed E-state index contributed by atoms with van der Waals surface area (Å²) in [4.78, 5) is 10.1. The Morgan fingerprint density at radius 3 is 2.33 bits per heavy atom. The van der Waals surface area contributed by atoms with Gasteiger partial charge in [0.25, 0.3) is 0 Å². The number of halogens is 1. The van der Waals surface area contributed by atoms with Gasteiger partial charge in [0.05, 0.1) is 26.4 Å². The summed E-state index contributed by atoms with van der Waals surface area (Å²) < 4.78 is 32.3. The van der Waals surface area contributed by atoms with E-state index in [1.807, 2.05) is 0 Å². The quantitative estimate of drug-likeness (QED) is 0.538. The third-order valence-corrected chi connectivity index (χ3v) is 2.52. The van der Waals surface area contributed by atoms with Crippen molar-refractivity contribution in [3.05, 3.63) is 0 Å². The van der Waals surface area contributed by atoms with Crippen LogP contribution in [0.15, 0.2) is 0 Å². The summed E-state index contributed by atoms with van der Waals surface area (Å²) in [6, 6.07) is 0. The van der Waals surface area contributed by atoms with E-state index in [2.05, 4.69) is 0 Å². The molecule has 0 saturated carbocycles. The Morgan fingerprint density at radius 1 is 1.20 bits per heavy atom. The van der Waals surface area contributed by atoms with Crippen LogP contribution in [0.5, 0.6) is 0 Å². The lowest BCUT2D eigenvalue weighted by Crippen LogP contribution is -2.16. The van der Waals surface area contributed by atoms with Crippen molar-refractivity contribution >= 4 is 16.8 Å². The zero-order valence-electron chi connectivity index (χ0n) is 8.32. The SMILES string of the molecule is O=C(O)CS(=O)CCOCCOCCF. The van der Waals surface area contributed by atoms with Gasteiger partial charge in [0.15, 0.2) is 0 Å². The fraction of sp³-hybridized carbons (Fsp3) is 0.875. The Kier molecular flexibility index (Phi) is 9.65. The topological polar surface area (TPSA) is 72.8 Å². The van der Waals surface area contributed by atoms with Gasteiger partial charge in [-0.2, -0.15) is 0 Å². The summed E-state index contributed by atoms with van der Waals surface area (Å²) in [7, 11) is -1.38. The average molecular weight is 242 g/mol. The van der Waals surface area contributed by atoms with Crippen LogP contribution in [0.3, 0.4) is 0 Å². The largest absolute Gasteiger partial charge is 0.481 e. The van der Waals surface area contributed by atoms with Gasteiger partial charge in [-0.1, -0.05) is 0 Å². The molecular formula is C8H15FO5S. The van der Waals surface area contributed by atoms with Crippen LogP contribution in [0.2, 0.25) is 0 Å². The molecule has 0 heterocycles. The van der Waals surface area contributed by atoms with Crippen LogP contribution in [0, 0.1) is 0 Å². The average Bonchev–Trinajstić information content (AvgIpc) is 2.15. The van der Waals surface area contributed by atoms with E-state index in [0.29, 0.717) is 6.61 Å². The number of rotatable bonds is 10. The number of carbonyl (C=O) groups is 1.